The number of carbonyl (C=O) groups excluding carboxylic acids is 2. The van der Waals surface area contributed by atoms with Crippen molar-refractivity contribution in [3.05, 3.63) is 95.1 Å². The molecule has 2 unspecified atom stereocenters. The van der Waals surface area contributed by atoms with Gasteiger partial charge in [-0.3, -0.25) is 4.79 Å². The average Bonchev–Trinajstić information content (AvgIpc) is 2.83. The second-order valence-electron chi connectivity index (χ2n) is 8.06. The quantitative estimate of drug-likeness (QED) is 0.586. The van der Waals surface area contributed by atoms with Crippen molar-refractivity contribution in [3.8, 4) is 11.5 Å². The van der Waals surface area contributed by atoms with Crippen LogP contribution in [0, 0.1) is 0 Å². The monoisotopic (exact) mass is 429 g/mol. The molecule has 1 amide bonds. The van der Waals surface area contributed by atoms with Gasteiger partial charge in [-0.25, -0.2) is 4.79 Å². The molecule has 0 N–H and O–H groups in total. The molecule has 6 heteroatoms. The smallest absolute Gasteiger partial charge is 0.339 e. The first-order valence-electron chi connectivity index (χ1n) is 10.6. The third-order valence-electron chi connectivity index (χ3n) is 5.79. The van der Waals surface area contributed by atoms with Gasteiger partial charge in [-0.05, 0) is 41.5 Å². The van der Waals surface area contributed by atoms with Crippen LogP contribution >= 0.6 is 0 Å². The number of fused-ring (bicyclic) bond motifs is 2. The molecule has 3 aromatic rings. The Balaban J connectivity index is 1.30. The van der Waals surface area contributed by atoms with Gasteiger partial charge >= 0.3 is 5.97 Å². The lowest BCUT2D eigenvalue weighted by Crippen LogP contribution is -2.41. The Kier molecular flexibility index (Phi) is 5.27. The summed E-state index contributed by atoms with van der Waals surface area (Å²) in [5, 5.41) is 0. The summed E-state index contributed by atoms with van der Waals surface area (Å²) in [4.78, 5) is 27.2. The van der Waals surface area contributed by atoms with Crippen LogP contribution in [-0.4, -0.2) is 43.1 Å². The molecule has 3 aromatic carbocycles. The largest absolute Gasteiger partial charge is 0.486 e. The first-order valence-corrected chi connectivity index (χ1v) is 10.6. The molecule has 0 aromatic heterocycles. The molecule has 6 nitrogen and oxygen atoms in total. The lowest BCUT2D eigenvalue weighted by molar-refractivity contribution is 0.0252. The van der Waals surface area contributed by atoms with Gasteiger partial charge in [-0.2, -0.15) is 0 Å². The lowest BCUT2D eigenvalue weighted by atomic mass is 9.93. The normalized spacial score (nSPS) is 19.0. The molecule has 2 aliphatic rings. The van der Waals surface area contributed by atoms with E-state index in [2.05, 4.69) is 0 Å². The van der Waals surface area contributed by atoms with Crippen LogP contribution in [0.15, 0.2) is 72.8 Å². The van der Waals surface area contributed by atoms with Gasteiger partial charge in [0.2, 0.25) is 0 Å². The maximum Gasteiger partial charge on any atom is 0.339 e. The molecular formula is C26H23NO5. The van der Waals surface area contributed by atoms with E-state index >= 15 is 0 Å². The van der Waals surface area contributed by atoms with Crippen molar-refractivity contribution in [2.24, 2.45) is 0 Å². The van der Waals surface area contributed by atoms with Crippen molar-refractivity contribution in [3.63, 3.8) is 0 Å². The Labute approximate surface area is 186 Å². The molecule has 0 spiro atoms. The number of para-hydroxylation sites is 2. The summed E-state index contributed by atoms with van der Waals surface area (Å²) in [6, 6.07) is 22.3. The summed E-state index contributed by atoms with van der Waals surface area (Å²) >= 11 is 0. The Hall–Kier alpha value is -3.80. The van der Waals surface area contributed by atoms with Crippen LogP contribution in [0.5, 0.6) is 11.5 Å². The maximum absolute atomic E-state index is 13.1. The fourth-order valence-corrected chi connectivity index (χ4v) is 4.14. The number of ether oxygens (including phenoxy) is 3. The highest BCUT2D eigenvalue weighted by molar-refractivity contribution is 5.97. The fraction of sp³-hybridized carbons (Fsp3) is 0.231. The summed E-state index contributed by atoms with van der Waals surface area (Å²) in [7, 11) is 1.74. The second kappa shape index (κ2) is 8.38. The zero-order valence-electron chi connectivity index (χ0n) is 17.7. The minimum atomic E-state index is -0.362. The fourth-order valence-electron chi connectivity index (χ4n) is 4.14. The highest BCUT2D eigenvalue weighted by Crippen LogP contribution is 2.32. The molecule has 2 heterocycles. The Morgan fingerprint density at radius 3 is 2.53 bits per heavy atom. The molecule has 0 saturated carbocycles. The molecule has 0 bridgehead atoms. The zero-order valence-corrected chi connectivity index (χ0v) is 17.7. The van der Waals surface area contributed by atoms with Crippen LogP contribution < -0.4 is 9.47 Å². The van der Waals surface area contributed by atoms with Crippen molar-refractivity contribution in [2.45, 2.75) is 18.6 Å². The number of hydrogen-bond donors (Lipinski definition) is 0. The number of cyclic esters (lactones) is 1. The third-order valence-corrected chi connectivity index (χ3v) is 5.79. The van der Waals surface area contributed by atoms with Gasteiger partial charge in [-0.15, -0.1) is 0 Å². The molecule has 0 saturated heterocycles. The summed E-state index contributed by atoms with van der Waals surface area (Å²) in [5.41, 5.74) is 2.80. The number of hydrogen-bond acceptors (Lipinski definition) is 5. The number of rotatable bonds is 4. The van der Waals surface area contributed by atoms with E-state index in [-0.39, 0.29) is 24.1 Å². The number of amides is 1. The Morgan fingerprint density at radius 1 is 0.969 bits per heavy atom. The van der Waals surface area contributed by atoms with Gasteiger partial charge < -0.3 is 19.1 Å². The highest BCUT2D eigenvalue weighted by Gasteiger charge is 2.29. The minimum absolute atomic E-state index is 0.134. The van der Waals surface area contributed by atoms with E-state index in [1.54, 1.807) is 30.1 Å². The van der Waals surface area contributed by atoms with Crippen molar-refractivity contribution >= 4 is 11.9 Å². The average molecular weight is 429 g/mol. The van der Waals surface area contributed by atoms with E-state index in [1.165, 1.54) is 0 Å². The summed E-state index contributed by atoms with van der Waals surface area (Å²) in [6.07, 6.45) is -0.0761. The third kappa shape index (κ3) is 3.91. The van der Waals surface area contributed by atoms with Crippen LogP contribution in [-0.2, 0) is 11.2 Å². The van der Waals surface area contributed by atoms with Crippen LogP contribution in [0.25, 0.3) is 0 Å². The van der Waals surface area contributed by atoms with E-state index in [1.807, 2.05) is 54.6 Å². The van der Waals surface area contributed by atoms with Gasteiger partial charge in [0, 0.05) is 19.0 Å². The SMILES string of the molecule is CN(CC1COc2ccccc2O1)C(=O)c1ccc2c(c1)CC(c1ccccc1)OC2=O. The van der Waals surface area contributed by atoms with Gasteiger partial charge in [0.05, 0.1) is 12.1 Å². The van der Waals surface area contributed by atoms with Gasteiger partial charge in [-0.1, -0.05) is 42.5 Å². The van der Waals surface area contributed by atoms with E-state index < -0.39 is 0 Å². The van der Waals surface area contributed by atoms with Gasteiger partial charge in [0.15, 0.2) is 17.6 Å². The van der Waals surface area contributed by atoms with Gasteiger partial charge in [0.1, 0.15) is 12.7 Å². The van der Waals surface area contributed by atoms with Crippen molar-refractivity contribution < 1.29 is 23.8 Å². The van der Waals surface area contributed by atoms with E-state index in [9.17, 15) is 9.59 Å². The minimum Gasteiger partial charge on any atom is -0.486 e. The van der Waals surface area contributed by atoms with Crippen LogP contribution in [0.2, 0.25) is 0 Å². The number of carbonyl (C=O) groups is 2. The summed E-state index contributed by atoms with van der Waals surface area (Å²) in [6.45, 7) is 0.766. The lowest BCUT2D eigenvalue weighted by Gasteiger charge is -2.30. The standard InChI is InChI=1S/C26H23NO5/c1-27(15-20-16-30-22-9-5-6-10-23(22)31-20)25(28)18-11-12-21-19(13-18)14-24(32-26(21)29)17-7-3-2-4-8-17/h2-13,20,24H,14-16H2,1H3. The number of benzene rings is 3. The molecule has 2 atom stereocenters. The summed E-state index contributed by atoms with van der Waals surface area (Å²) < 4.78 is 17.3. The van der Waals surface area contributed by atoms with E-state index in [4.69, 9.17) is 14.2 Å². The predicted octanol–water partition coefficient (Wildman–Crippen LogP) is 4.05. The van der Waals surface area contributed by atoms with Gasteiger partial charge in [0.25, 0.3) is 5.91 Å². The second-order valence-corrected chi connectivity index (χ2v) is 8.06. The molecule has 5 rings (SSSR count). The molecule has 162 valence electrons. The number of likely N-dealkylation sites (N-methyl/N-ethyl adjacent to an activating group) is 1. The molecule has 0 aliphatic carbocycles. The topological polar surface area (TPSA) is 65.1 Å². The number of esters is 1. The molecule has 0 fully saturated rings. The number of nitrogens with zero attached hydrogens (tertiary/aromatic N) is 1. The molecule has 0 radical (unpaired) electrons. The zero-order chi connectivity index (χ0) is 22.1. The maximum atomic E-state index is 13.1. The van der Waals surface area contributed by atoms with Crippen molar-refractivity contribution in [2.75, 3.05) is 20.2 Å². The molecule has 2 aliphatic heterocycles. The Morgan fingerprint density at radius 2 is 1.72 bits per heavy atom. The first-order chi connectivity index (χ1) is 15.6. The predicted molar refractivity (Wildman–Crippen MR) is 118 cm³/mol. The first kappa shape index (κ1) is 20.1. The van der Waals surface area contributed by atoms with Crippen molar-refractivity contribution in [1.82, 2.24) is 4.90 Å². The van der Waals surface area contributed by atoms with Crippen LogP contribution in [0.1, 0.15) is 37.9 Å². The van der Waals surface area contributed by atoms with E-state index in [0.717, 1.165) is 11.1 Å². The van der Waals surface area contributed by atoms with Crippen LogP contribution in [0.4, 0.5) is 0 Å². The van der Waals surface area contributed by atoms with Crippen molar-refractivity contribution in [1.29, 1.82) is 0 Å². The molecule has 32 heavy (non-hydrogen) atoms. The Bertz CT molecular complexity index is 1160. The van der Waals surface area contributed by atoms with E-state index in [0.29, 0.717) is 42.2 Å². The van der Waals surface area contributed by atoms with Crippen LogP contribution in [0.3, 0.4) is 0 Å². The summed E-state index contributed by atoms with van der Waals surface area (Å²) in [5.74, 6) is 0.903. The highest BCUT2D eigenvalue weighted by atomic mass is 16.6. The molecular weight excluding hydrogens is 406 g/mol.